The van der Waals surface area contributed by atoms with Crippen LogP contribution < -0.4 is 0 Å². The Balaban J connectivity index is 2.98. The summed E-state index contributed by atoms with van der Waals surface area (Å²) in [6, 6.07) is 3.96. The molecule has 0 aliphatic carbocycles. The number of halogens is 1. The monoisotopic (exact) mass is 222 g/mol. The quantitative estimate of drug-likeness (QED) is 0.604. The van der Waals surface area contributed by atoms with Crippen molar-refractivity contribution in [3.63, 3.8) is 0 Å². The summed E-state index contributed by atoms with van der Waals surface area (Å²) in [5.74, 6) is 3.15. The SMILES string of the molecule is O=C(O)c1c(F)cccc1C#CCCCO. The Morgan fingerprint density at radius 1 is 1.44 bits per heavy atom. The van der Waals surface area contributed by atoms with Gasteiger partial charge in [0.25, 0.3) is 0 Å². The van der Waals surface area contributed by atoms with Crippen LogP contribution in [0.2, 0.25) is 0 Å². The van der Waals surface area contributed by atoms with Crippen LogP contribution in [0, 0.1) is 17.7 Å². The van der Waals surface area contributed by atoms with Crippen molar-refractivity contribution in [3.8, 4) is 11.8 Å². The molecule has 0 spiro atoms. The van der Waals surface area contributed by atoms with Gasteiger partial charge < -0.3 is 10.2 Å². The van der Waals surface area contributed by atoms with Crippen LogP contribution in [0.25, 0.3) is 0 Å². The molecule has 4 heteroatoms. The minimum atomic E-state index is -1.33. The van der Waals surface area contributed by atoms with Crippen LogP contribution in [0.1, 0.15) is 28.8 Å². The fraction of sp³-hybridized carbons (Fsp3) is 0.250. The molecule has 0 aliphatic rings. The molecular weight excluding hydrogens is 211 g/mol. The van der Waals surface area contributed by atoms with Gasteiger partial charge in [-0.3, -0.25) is 0 Å². The van der Waals surface area contributed by atoms with Gasteiger partial charge in [0.2, 0.25) is 0 Å². The molecule has 0 aliphatic heterocycles. The molecule has 84 valence electrons. The summed E-state index contributed by atoms with van der Waals surface area (Å²) < 4.78 is 13.2. The van der Waals surface area contributed by atoms with Crippen LogP contribution in [0.15, 0.2) is 18.2 Å². The second kappa shape index (κ2) is 5.89. The van der Waals surface area contributed by atoms with E-state index >= 15 is 0 Å². The molecule has 1 rings (SSSR count). The highest BCUT2D eigenvalue weighted by molar-refractivity contribution is 5.91. The molecule has 0 fully saturated rings. The van der Waals surface area contributed by atoms with Crippen molar-refractivity contribution >= 4 is 5.97 Å². The molecule has 0 radical (unpaired) electrons. The molecule has 0 aromatic heterocycles. The van der Waals surface area contributed by atoms with Gasteiger partial charge in [-0.25, -0.2) is 9.18 Å². The minimum Gasteiger partial charge on any atom is -0.478 e. The number of unbranched alkanes of at least 4 members (excludes halogenated alkanes) is 1. The average Bonchev–Trinajstić information content (AvgIpc) is 2.24. The van der Waals surface area contributed by atoms with Gasteiger partial charge in [-0.1, -0.05) is 17.9 Å². The first-order valence-corrected chi connectivity index (χ1v) is 4.78. The van der Waals surface area contributed by atoms with Gasteiger partial charge in [0.05, 0.1) is 0 Å². The van der Waals surface area contributed by atoms with E-state index in [2.05, 4.69) is 11.8 Å². The van der Waals surface area contributed by atoms with Crippen molar-refractivity contribution in [1.29, 1.82) is 0 Å². The summed E-state index contributed by atoms with van der Waals surface area (Å²) in [7, 11) is 0. The third kappa shape index (κ3) is 3.07. The van der Waals surface area contributed by atoms with Crippen molar-refractivity contribution in [3.05, 3.63) is 35.1 Å². The van der Waals surface area contributed by atoms with E-state index < -0.39 is 17.3 Å². The highest BCUT2D eigenvalue weighted by Gasteiger charge is 2.13. The highest BCUT2D eigenvalue weighted by atomic mass is 19.1. The molecule has 3 nitrogen and oxygen atoms in total. The first-order chi connectivity index (χ1) is 7.66. The second-order valence-corrected chi connectivity index (χ2v) is 3.10. The molecule has 0 unspecified atom stereocenters. The van der Waals surface area contributed by atoms with Crippen LogP contribution in [-0.2, 0) is 0 Å². The fourth-order valence-corrected chi connectivity index (χ4v) is 1.17. The van der Waals surface area contributed by atoms with E-state index in [0.717, 1.165) is 6.07 Å². The zero-order valence-corrected chi connectivity index (χ0v) is 8.53. The van der Waals surface area contributed by atoms with Crippen molar-refractivity contribution in [2.24, 2.45) is 0 Å². The van der Waals surface area contributed by atoms with Crippen molar-refractivity contribution < 1.29 is 19.4 Å². The molecule has 0 saturated heterocycles. The summed E-state index contributed by atoms with van der Waals surface area (Å²) in [5.41, 5.74) is -0.246. The van der Waals surface area contributed by atoms with E-state index in [-0.39, 0.29) is 12.2 Å². The Kier molecular flexibility index (Phi) is 4.49. The number of hydrogen-bond acceptors (Lipinski definition) is 2. The van der Waals surface area contributed by atoms with Gasteiger partial charge in [0, 0.05) is 18.6 Å². The number of carbonyl (C=O) groups is 1. The number of hydrogen-bond donors (Lipinski definition) is 2. The molecular formula is C12H11FO3. The summed E-state index contributed by atoms with van der Waals surface area (Å²) in [4.78, 5) is 10.8. The number of benzene rings is 1. The normalized spacial score (nSPS) is 9.38. The maximum Gasteiger partial charge on any atom is 0.339 e. The summed E-state index contributed by atoms with van der Waals surface area (Å²) in [5, 5.41) is 17.3. The van der Waals surface area contributed by atoms with Crippen LogP contribution in [0.4, 0.5) is 4.39 Å². The van der Waals surface area contributed by atoms with E-state index in [9.17, 15) is 9.18 Å². The van der Waals surface area contributed by atoms with Gasteiger partial charge in [0.1, 0.15) is 11.4 Å². The van der Waals surface area contributed by atoms with Gasteiger partial charge in [-0.2, -0.15) is 0 Å². The third-order valence-electron chi connectivity index (χ3n) is 1.91. The second-order valence-electron chi connectivity index (χ2n) is 3.10. The Bertz CT molecular complexity index is 443. The molecule has 0 saturated carbocycles. The van der Waals surface area contributed by atoms with E-state index in [0.29, 0.717) is 12.8 Å². The average molecular weight is 222 g/mol. The number of aliphatic hydroxyl groups is 1. The number of aliphatic hydroxyl groups excluding tert-OH is 1. The zero-order chi connectivity index (χ0) is 12.0. The maximum absolute atomic E-state index is 13.2. The van der Waals surface area contributed by atoms with Gasteiger partial charge in [0.15, 0.2) is 0 Å². The highest BCUT2D eigenvalue weighted by Crippen LogP contribution is 2.12. The third-order valence-corrected chi connectivity index (χ3v) is 1.91. The Morgan fingerprint density at radius 3 is 2.81 bits per heavy atom. The maximum atomic E-state index is 13.2. The van der Waals surface area contributed by atoms with E-state index in [1.165, 1.54) is 12.1 Å². The first-order valence-electron chi connectivity index (χ1n) is 4.78. The lowest BCUT2D eigenvalue weighted by Gasteiger charge is -1.99. The lowest BCUT2D eigenvalue weighted by molar-refractivity contribution is 0.0691. The van der Waals surface area contributed by atoms with Crippen LogP contribution >= 0.6 is 0 Å². The van der Waals surface area contributed by atoms with E-state index in [4.69, 9.17) is 10.2 Å². The molecule has 0 amide bonds. The molecule has 0 atom stereocenters. The summed E-state index contributed by atoms with van der Waals surface area (Å²) >= 11 is 0. The summed E-state index contributed by atoms with van der Waals surface area (Å²) in [6.07, 6.45) is 0.969. The zero-order valence-electron chi connectivity index (χ0n) is 8.53. The topological polar surface area (TPSA) is 57.5 Å². The van der Waals surface area contributed by atoms with E-state index in [1.807, 2.05) is 0 Å². The molecule has 1 aromatic carbocycles. The van der Waals surface area contributed by atoms with Gasteiger partial charge >= 0.3 is 5.97 Å². The predicted octanol–water partition coefficient (Wildman–Crippen LogP) is 1.65. The molecule has 2 N–H and O–H groups in total. The van der Waals surface area contributed by atoms with Gasteiger partial charge in [-0.05, 0) is 18.6 Å². The van der Waals surface area contributed by atoms with Crippen LogP contribution in [0.3, 0.4) is 0 Å². The fourth-order valence-electron chi connectivity index (χ4n) is 1.17. The molecule has 0 heterocycles. The van der Waals surface area contributed by atoms with Crippen LogP contribution in [0.5, 0.6) is 0 Å². The Hall–Kier alpha value is -1.86. The Labute approximate surface area is 92.5 Å². The Morgan fingerprint density at radius 2 is 2.19 bits per heavy atom. The summed E-state index contributed by atoms with van der Waals surface area (Å²) in [6.45, 7) is 0.0314. The minimum absolute atomic E-state index is 0.0314. The largest absolute Gasteiger partial charge is 0.478 e. The molecule has 0 bridgehead atoms. The molecule has 1 aromatic rings. The van der Waals surface area contributed by atoms with Crippen molar-refractivity contribution in [2.45, 2.75) is 12.8 Å². The smallest absolute Gasteiger partial charge is 0.339 e. The van der Waals surface area contributed by atoms with Gasteiger partial charge in [-0.15, -0.1) is 0 Å². The van der Waals surface area contributed by atoms with E-state index in [1.54, 1.807) is 0 Å². The number of carboxylic acids is 1. The predicted molar refractivity (Wildman–Crippen MR) is 56.6 cm³/mol. The number of rotatable bonds is 3. The van der Waals surface area contributed by atoms with Crippen molar-refractivity contribution in [1.82, 2.24) is 0 Å². The lowest BCUT2D eigenvalue weighted by Crippen LogP contribution is -2.03. The van der Waals surface area contributed by atoms with Crippen molar-refractivity contribution in [2.75, 3.05) is 6.61 Å². The molecule has 16 heavy (non-hydrogen) atoms. The number of carboxylic acid groups (broad SMARTS) is 1. The standard InChI is InChI=1S/C12H11FO3/c13-10-7-4-6-9(11(10)12(15)16)5-2-1-3-8-14/h4,6-7,14H,1,3,8H2,(H,15,16). The van der Waals surface area contributed by atoms with Crippen LogP contribution in [-0.4, -0.2) is 22.8 Å². The lowest BCUT2D eigenvalue weighted by atomic mass is 10.1. The number of aromatic carboxylic acids is 1. The first kappa shape index (κ1) is 12.2.